The lowest BCUT2D eigenvalue weighted by Gasteiger charge is -2.44. The number of hydrogen-bond donors (Lipinski definition) is 2. The molecule has 0 atom stereocenters. The monoisotopic (exact) mass is 618 g/mol. The highest BCUT2D eigenvalue weighted by molar-refractivity contribution is 5.77. The SMILES string of the molecule is O=C(O)CCC(F)(F)C(F)(F)C(F)(F)C(F)(F)C(F)(F)C(F)(F)C(F)(F)C(F)(F)C(F)(F)C(F)(F)C(=O)O. The van der Waals surface area contributed by atoms with Crippen LogP contribution < -0.4 is 0 Å². The van der Waals surface area contributed by atoms with Crippen LogP contribution in [0.2, 0.25) is 0 Å². The van der Waals surface area contributed by atoms with Crippen LogP contribution >= 0.6 is 0 Å². The molecule has 0 heterocycles. The quantitative estimate of drug-likeness (QED) is 0.238. The van der Waals surface area contributed by atoms with Crippen LogP contribution in [0, 0.1) is 0 Å². The highest BCUT2D eigenvalue weighted by atomic mass is 19.4. The number of carboxylic acids is 2. The van der Waals surface area contributed by atoms with E-state index in [1.165, 1.54) is 0 Å². The molecule has 0 fully saturated rings. The van der Waals surface area contributed by atoms with Crippen molar-refractivity contribution < 1.29 is 108 Å². The molecule has 0 aliphatic rings. The minimum absolute atomic E-state index is 2.35. The molecule has 0 aliphatic carbocycles. The van der Waals surface area contributed by atoms with E-state index in [-0.39, 0.29) is 0 Å². The molecule has 0 aliphatic heterocycles. The second kappa shape index (κ2) is 9.05. The summed E-state index contributed by atoms with van der Waals surface area (Å²) in [6.07, 6.45) is -5.51. The Labute approximate surface area is 193 Å². The molecule has 0 saturated carbocycles. The number of carboxylic acid groups (broad SMARTS) is 2. The minimum atomic E-state index is -9.26. The molecule has 0 spiro atoms. The average molecular weight is 618 g/mol. The van der Waals surface area contributed by atoms with E-state index in [1.807, 2.05) is 0 Å². The zero-order valence-electron chi connectivity index (χ0n) is 16.7. The Bertz CT molecular complexity index is 923. The Morgan fingerprint density at radius 2 is 0.658 bits per heavy atom. The van der Waals surface area contributed by atoms with E-state index >= 15 is 0 Å². The zero-order chi connectivity index (χ0) is 31.6. The van der Waals surface area contributed by atoms with Gasteiger partial charge in [0.25, 0.3) is 0 Å². The summed E-state index contributed by atoms with van der Waals surface area (Å²) in [4.78, 5) is 20.0. The zero-order valence-corrected chi connectivity index (χ0v) is 16.7. The van der Waals surface area contributed by atoms with Crippen molar-refractivity contribution in [2.75, 3.05) is 0 Å². The Hall–Kier alpha value is -2.46. The van der Waals surface area contributed by atoms with Gasteiger partial charge < -0.3 is 10.2 Å². The van der Waals surface area contributed by atoms with Crippen LogP contribution in [0.15, 0.2) is 0 Å². The smallest absolute Gasteiger partial charge is 0.410 e. The second-order valence-electron chi connectivity index (χ2n) is 7.07. The van der Waals surface area contributed by atoms with Crippen LogP contribution in [-0.4, -0.2) is 81.4 Å². The maximum absolute atomic E-state index is 13.6. The molecule has 38 heavy (non-hydrogen) atoms. The summed E-state index contributed by atoms with van der Waals surface area (Å²) < 4.78 is 267. The molecule has 0 bridgehead atoms. The molecule has 0 amide bonds. The van der Waals surface area contributed by atoms with E-state index in [0.717, 1.165) is 0 Å². The highest BCUT2D eigenvalue weighted by Crippen LogP contribution is 2.66. The predicted octanol–water partition coefficient (Wildman–Crippen LogP) is 6.29. The molecule has 0 unspecified atom stereocenters. The number of rotatable bonds is 13. The fourth-order valence-electron chi connectivity index (χ4n) is 2.17. The van der Waals surface area contributed by atoms with Crippen molar-refractivity contribution in [1.29, 1.82) is 0 Å². The largest absolute Gasteiger partial charge is 0.481 e. The van der Waals surface area contributed by atoms with Gasteiger partial charge in [-0.3, -0.25) is 4.79 Å². The third-order valence-electron chi connectivity index (χ3n) is 4.54. The van der Waals surface area contributed by atoms with Crippen molar-refractivity contribution >= 4 is 11.9 Å². The summed E-state index contributed by atoms with van der Waals surface area (Å²) in [5, 5.41) is 15.7. The summed E-state index contributed by atoms with van der Waals surface area (Å²) in [7, 11) is 0. The van der Waals surface area contributed by atoms with Gasteiger partial charge in [0, 0.05) is 6.42 Å². The number of carbonyl (C=O) groups is 2. The van der Waals surface area contributed by atoms with Crippen LogP contribution in [0.5, 0.6) is 0 Å². The Kier molecular flexibility index (Phi) is 8.46. The molecule has 24 heteroatoms. The summed E-state index contributed by atoms with van der Waals surface area (Å²) in [5.41, 5.74) is 0. The summed E-state index contributed by atoms with van der Waals surface area (Å²) >= 11 is 0. The third kappa shape index (κ3) is 4.33. The Morgan fingerprint density at radius 1 is 0.421 bits per heavy atom. The molecule has 0 saturated heterocycles. The lowest BCUT2D eigenvalue weighted by molar-refractivity contribution is -0.467. The minimum Gasteiger partial charge on any atom is -0.481 e. The number of hydrogen-bond acceptors (Lipinski definition) is 2. The van der Waals surface area contributed by atoms with Gasteiger partial charge in [-0.1, -0.05) is 0 Å². The molecule has 0 radical (unpaired) electrons. The number of aliphatic carboxylic acids is 2. The van der Waals surface area contributed by atoms with Crippen LogP contribution in [0.25, 0.3) is 0 Å². The lowest BCUT2D eigenvalue weighted by Crippen LogP contribution is -2.77. The number of halogens is 20. The fraction of sp³-hybridized carbons (Fsp3) is 0.857. The van der Waals surface area contributed by atoms with Gasteiger partial charge in [0.05, 0.1) is 6.42 Å². The van der Waals surface area contributed by atoms with Crippen LogP contribution in [0.4, 0.5) is 87.8 Å². The Morgan fingerprint density at radius 3 is 0.895 bits per heavy atom. The van der Waals surface area contributed by atoms with Gasteiger partial charge in [-0.2, -0.15) is 87.8 Å². The van der Waals surface area contributed by atoms with E-state index in [2.05, 4.69) is 0 Å². The first-order valence-electron chi connectivity index (χ1n) is 8.34. The van der Waals surface area contributed by atoms with Crippen LogP contribution in [0.1, 0.15) is 12.8 Å². The van der Waals surface area contributed by atoms with Gasteiger partial charge >= 0.3 is 71.2 Å². The molecule has 0 aromatic heterocycles. The predicted molar refractivity (Wildman–Crippen MR) is 74.0 cm³/mol. The summed E-state index contributed by atoms with van der Waals surface area (Å²) in [5.74, 6) is -92.6. The second-order valence-corrected chi connectivity index (χ2v) is 7.07. The molecule has 2 N–H and O–H groups in total. The van der Waals surface area contributed by atoms with Crippen molar-refractivity contribution in [1.82, 2.24) is 0 Å². The molecule has 226 valence electrons. The van der Waals surface area contributed by atoms with Gasteiger partial charge in [-0.05, 0) is 0 Å². The first-order valence-corrected chi connectivity index (χ1v) is 8.34. The van der Waals surface area contributed by atoms with E-state index in [9.17, 15) is 97.4 Å². The normalized spacial score (nSPS) is 16.0. The van der Waals surface area contributed by atoms with E-state index in [0.29, 0.717) is 0 Å². The average Bonchev–Trinajstić information content (AvgIpc) is 2.70. The fourth-order valence-corrected chi connectivity index (χ4v) is 2.17. The first kappa shape index (κ1) is 35.5. The van der Waals surface area contributed by atoms with Gasteiger partial charge in [0.1, 0.15) is 0 Å². The molecule has 0 aromatic rings. The van der Waals surface area contributed by atoms with Crippen LogP contribution in [0.3, 0.4) is 0 Å². The summed E-state index contributed by atoms with van der Waals surface area (Å²) in [6.45, 7) is 0. The highest BCUT2D eigenvalue weighted by Gasteiger charge is 2.97. The van der Waals surface area contributed by atoms with Gasteiger partial charge in [-0.25, -0.2) is 4.79 Å². The molecular formula is C14H6F20O4. The molecule has 0 aromatic carbocycles. The lowest BCUT2D eigenvalue weighted by atomic mass is 9.85. The van der Waals surface area contributed by atoms with E-state index < -0.39 is 84.0 Å². The number of alkyl halides is 20. The molecule has 4 nitrogen and oxygen atoms in total. The summed E-state index contributed by atoms with van der Waals surface area (Å²) in [6, 6.07) is 0. The Balaban J connectivity index is 7.08. The van der Waals surface area contributed by atoms with E-state index in [4.69, 9.17) is 10.2 Å². The standard InChI is InChI=1S/C14H6F20O4/c15-5(16,2-1-3(35)36)7(19,20)9(23,24)11(27,28)13(31,32)14(33,34)12(29,30)10(25,26)8(21,22)6(17,18)4(37)38/h1-2H2,(H,35,36)(H,37,38). The van der Waals surface area contributed by atoms with Gasteiger partial charge in [0.2, 0.25) is 0 Å². The van der Waals surface area contributed by atoms with Crippen molar-refractivity contribution in [3.05, 3.63) is 0 Å². The third-order valence-corrected chi connectivity index (χ3v) is 4.54. The van der Waals surface area contributed by atoms with Gasteiger partial charge in [0.15, 0.2) is 0 Å². The maximum atomic E-state index is 13.6. The van der Waals surface area contributed by atoms with Crippen molar-refractivity contribution in [2.45, 2.75) is 72.1 Å². The van der Waals surface area contributed by atoms with Crippen molar-refractivity contribution in [3.63, 3.8) is 0 Å². The maximum Gasteiger partial charge on any atom is 0.410 e. The van der Waals surface area contributed by atoms with E-state index in [1.54, 1.807) is 0 Å². The van der Waals surface area contributed by atoms with Gasteiger partial charge in [-0.15, -0.1) is 0 Å². The van der Waals surface area contributed by atoms with Crippen LogP contribution in [-0.2, 0) is 9.59 Å². The molecular weight excluding hydrogens is 612 g/mol. The molecule has 0 rings (SSSR count). The van der Waals surface area contributed by atoms with Crippen molar-refractivity contribution in [2.24, 2.45) is 0 Å². The first-order chi connectivity index (χ1) is 16.1. The van der Waals surface area contributed by atoms with Crippen molar-refractivity contribution in [3.8, 4) is 0 Å². The topological polar surface area (TPSA) is 74.6 Å².